The van der Waals surface area contributed by atoms with E-state index in [4.69, 9.17) is 4.74 Å². The van der Waals surface area contributed by atoms with Gasteiger partial charge >= 0.3 is 5.97 Å². The van der Waals surface area contributed by atoms with Crippen LogP contribution in [0, 0.1) is 0 Å². The summed E-state index contributed by atoms with van der Waals surface area (Å²) in [5.74, 6) is -0.784. The summed E-state index contributed by atoms with van der Waals surface area (Å²) in [6.45, 7) is 8.18. The van der Waals surface area contributed by atoms with Crippen LogP contribution < -0.4 is 5.32 Å². The number of nitrogens with one attached hydrogen (secondary N) is 1. The normalized spacial score (nSPS) is 24.4. The Hall–Kier alpha value is -0.650. The third-order valence-electron chi connectivity index (χ3n) is 4.26. The van der Waals surface area contributed by atoms with Crippen LogP contribution in [0.1, 0.15) is 46.5 Å². The van der Waals surface area contributed by atoms with Crippen LogP contribution in [0.2, 0.25) is 0 Å². The Morgan fingerprint density at radius 2 is 2.25 bits per heavy atom. The summed E-state index contributed by atoms with van der Waals surface area (Å²) < 4.78 is 5.75. The molecule has 3 unspecified atom stereocenters. The monoisotopic (exact) mass is 286 g/mol. The van der Waals surface area contributed by atoms with Gasteiger partial charge in [-0.2, -0.15) is 0 Å². The van der Waals surface area contributed by atoms with Crippen molar-refractivity contribution >= 4 is 5.97 Å². The van der Waals surface area contributed by atoms with E-state index < -0.39 is 11.5 Å². The molecule has 0 saturated carbocycles. The molecule has 0 aromatic heterocycles. The number of likely N-dealkylation sites (N-methyl/N-ethyl adjacent to an activating group) is 2. The van der Waals surface area contributed by atoms with E-state index in [-0.39, 0.29) is 6.04 Å². The Kier molecular flexibility index (Phi) is 6.92. The molecule has 0 amide bonds. The predicted octanol–water partition coefficient (Wildman–Crippen LogP) is 1.72. The maximum absolute atomic E-state index is 11.5. The largest absolute Gasteiger partial charge is 0.480 e. The van der Waals surface area contributed by atoms with Gasteiger partial charge in [-0.25, -0.2) is 0 Å². The molecule has 2 N–H and O–H groups in total. The summed E-state index contributed by atoms with van der Waals surface area (Å²) in [5.41, 5.74) is -0.865. The average molecular weight is 286 g/mol. The molecule has 0 spiro atoms. The molecule has 1 fully saturated rings. The number of nitrogens with zero attached hydrogens (tertiary/aromatic N) is 1. The van der Waals surface area contributed by atoms with Crippen molar-refractivity contribution in [2.75, 3.05) is 26.7 Å². The molecular weight excluding hydrogens is 256 g/mol. The molecule has 118 valence electrons. The minimum atomic E-state index is -0.865. The van der Waals surface area contributed by atoms with Crippen LogP contribution in [0.4, 0.5) is 0 Å². The van der Waals surface area contributed by atoms with Crippen LogP contribution in [-0.4, -0.2) is 60.4 Å². The number of carbonyl (C=O) groups is 1. The highest BCUT2D eigenvalue weighted by atomic mass is 16.5. The first-order chi connectivity index (χ1) is 9.39. The van der Waals surface area contributed by atoms with Gasteiger partial charge in [-0.1, -0.05) is 6.92 Å². The van der Waals surface area contributed by atoms with Gasteiger partial charge in [-0.3, -0.25) is 4.79 Å². The first-order valence-corrected chi connectivity index (χ1v) is 7.69. The van der Waals surface area contributed by atoms with Crippen LogP contribution in [0.5, 0.6) is 0 Å². The lowest BCUT2D eigenvalue weighted by Crippen LogP contribution is -2.53. The van der Waals surface area contributed by atoms with Crippen LogP contribution in [0.3, 0.4) is 0 Å². The van der Waals surface area contributed by atoms with Gasteiger partial charge in [-0.15, -0.1) is 0 Å². The zero-order valence-electron chi connectivity index (χ0n) is 13.3. The quantitative estimate of drug-likeness (QED) is 0.711. The lowest BCUT2D eigenvalue weighted by atomic mass is 9.92. The molecular formula is C15H30N2O3. The molecule has 0 aromatic rings. The highest BCUT2D eigenvalue weighted by molar-refractivity contribution is 5.78. The van der Waals surface area contributed by atoms with Gasteiger partial charge in [0.2, 0.25) is 0 Å². The highest BCUT2D eigenvalue weighted by Gasteiger charge is 2.35. The van der Waals surface area contributed by atoms with Crippen molar-refractivity contribution in [3.05, 3.63) is 0 Å². The zero-order valence-corrected chi connectivity index (χ0v) is 13.3. The summed E-state index contributed by atoms with van der Waals surface area (Å²) in [6.07, 6.45) is 4.39. The molecule has 5 heteroatoms. The van der Waals surface area contributed by atoms with Crippen molar-refractivity contribution < 1.29 is 14.6 Å². The molecule has 1 aliphatic heterocycles. The Balaban J connectivity index is 2.50. The second-order valence-corrected chi connectivity index (χ2v) is 6.15. The summed E-state index contributed by atoms with van der Waals surface area (Å²) in [7, 11) is 2.05. The van der Waals surface area contributed by atoms with Crippen molar-refractivity contribution in [3.8, 4) is 0 Å². The van der Waals surface area contributed by atoms with Crippen molar-refractivity contribution in [2.45, 2.75) is 64.1 Å². The summed E-state index contributed by atoms with van der Waals surface area (Å²) >= 11 is 0. The second kappa shape index (κ2) is 7.96. The third kappa shape index (κ3) is 5.04. The number of ether oxygens (including phenoxy) is 1. The molecule has 1 rings (SSSR count). The number of carboxylic acid groups (broad SMARTS) is 1. The molecule has 1 saturated heterocycles. The zero-order chi connectivity index (χ0) is 15.2. The maximum atomic E-state index is 11.5. The van der Waals surface area contributed by atoms with Gasteiger partial charge in [-0.05, 0) is 53.1 Å². The van der Waals surface area contributed by atoms with E-state index in [0.29, 0.717) is 19.1 Å². The Morgan fingerprint density at radius 3 is 2.75 bits per heavy atom. The number of carboxylic acids is 1. The van der Waals surface area contributed by atoms with Gasteiger partial charge in [0.15, 0.2) is 0 Å². The van der Waals surface area contributed by atoms with E-state index in [9.17, 15) is 9.90 Å². The fourth-order valence-electron chi connectivity index (χ4n) is 2.82. The van der Waals surface area contributed by atoms with Crippen LogP contribution in [0.15, 0.2) is 0 Å². The molecule has 20 heavy (non-hydrogen) atoms. The fourth-order valence-corrected chi connectivity index (χ4v) is 2.82. The standard InChI is InChI=1S/C15H30N2O3/c1-5-16-15(3,14(18)19)10-12(2)17(4)11-13-8-6-7-9-20-13/h12-13,16H,5-11H2,1-4H3,(H,18,19). The second-order valence-electron chi connectivity index (χ2n) is 6.15. The van der Waals surface area contributed by atoms with Crippen molar-refractivity contribution in [2.24, 2.45) is 0 Å². The lowest BCUT2D eigenvalue weighted by Gasteiger charge is -2.35. The molecule has 0 radical (unpaired) electrons. The van der Waals surface area contributed by atoms with Crippen molar-refractivity contribution in [1.82, 2.24) is 10.2 Å². The van der Waals surface area contributed by atoms with Crippen LogP contribution in [-0.2, 0) is 9.53 Å². The number of aliphatic carboxylic acids is 1. The number of rotatable bonds is 8. The van der Waals surface area contributed by atoms with E-state index in [1.807, 2.05) is 6.92 Å². The predicted molar refractivity (Wildman–Crippen MR) is 80.0 cm³/mol. The SMILES string of the molecule is CCNC(C)(CC(C)N(C)CC1CCCCO1)C(=O)O. The maximum Gasteiger partial charge on any atom is 0.323 e. The van der Waals surface area contributed by atoms with Crippen molar-refractivity contribution in [1.29, 1.82) is 0 Å². The van der Waals surface area contributed by atoms with E-state index in [2.05, 4.69) is 24.2 Å². The average Bonchev–Trinajstić information content (AvgIpc) is 2.39. The third-order valence-corrected chi connectivity index (χ3v) is 4.26. The fraction of sp³-hybridized carbons (Fsp3) is 0.933. The first kappa shape index (κ1) is 17.4. The van der Waals surface area contributed by atoms with E-state index >= 15 is 0 Å². The van der Waals surface area contributed by atoms with E-state index in [0.717, 1.165) is 26.0 Å². The van der Waals surface area contributed by atoms with Gasteiger partial charge in [0, 0.05) is 19.2 Å². The first-order valence-electron chi connectivity index (χ1n) is 7.69. The Bertz CT molecular complexity index is 305. The van der Waals surface area contributed by atoms with Gasteiger partial charge in [0.25, 0.3) is 0 Å². The molecule has 5 nitrogen and oxygen atoms in total. The highest BCUT2D eigenvalue weighted by Crippen LogP contribution is 2.19. The Labute approximate surface area is 122 Å². The van der Waals surface area contributed by atoms with Crippen LogP contribution >= 0.6 is 0 Å². The lowest BCUT2D eigenvalue weighted by molar-refractivity contribution is -0.145. The van der Waals surface area contributed by atoms with E-state index in [1.54, 1.807) is 6.92 Å². The molecule has 0 aliphatic carbocycles. The van der Waals surface area contributed by atoms with Gasteiger partial charge in [0.1, 0.15) is 5.54 Å². The van der Waals surface area contributed by atoms with Gasteiger partial charge in [0.05, 0.1) is 6.10 Å². The molecule has 1 heterocycles. The molecule has 0 bridgehead atoms. The summed E-state index contributed by atoms with van der Waals surface area (Å²) in [6, 6.07) is 0.195. The summed E-state index contributed by atoms with van der Waals surface area (Å²) in [4.78, 5) is 13.7. The smallest absolute Gasteiger partial charge is 0.323 e. The topological polar surface area (TPSA) is 61.8 Å². The van der Waals surface area contributed by atoms with E-state index in [1.165, 1.54) is 6.42 Å². The number of hydrogen-bond acceptors (Lipinski definition) is 4. The molecule has 1 aliphatic rings. The molecule has 0 aromatic carbocycles. The summed E-state index contributed by atoms with van der Waals surface area (Å²) in [5, 5.41) is 12.5. The molecule has 3 atom stereocenters. The minimum absolute atomic E-state index is 0.195. The Morgan fingerprint density at radius 1 is 1.55 bits per heavy atom. The minimum Gasteiger partial charge on any atom is -0.480 e. The van der Waals surface area contributed by atoms with Crippen molar-refractivity contribution in [3.63, 3.8) is 0 Å². The number of hydrogen-bond donors (Lipinski definition) is 2. The van der Waals surface area contributed by atoms with Crippen LogP contribution in [0.25, 0.3) is 0 Å². The van der Waals surface area contributed by atoms with Gasteiger partial charge < -0.3 is 20.1 Å².